The zero-order chi connectivity index (χ0) is 30.0. The number of amides is 1. The summed E-state index contributed by atoms with van der Waals surface area (Å²) in [5.74, 6) is -0.859. The number of anilines is 2. The van der Waals surface area contributed by atoms with Crippen molar-refractivity contribution < 1.29 is 36.6 Å². The van der Waals surface area contributed by atoms with Gasteiger partial charge in [0.2, 0.25) is 17.1 Å². The van der Waals surface area contributed by atoms with Gasteiger partial charge in [-0.2, -0.15) is 17.6 Å². The molecule has 222 valence electrons. The standard InChI is InChI=1S/C28H32F4N4O4S/c1-3-4-5-6-7-8-10-19-12-13-21(15-22(19)28(30,31)32)36(27(38)40-17-39-25(37)18(2)33)26-35-23(24(29)41-26)20-11-9-14-34-16-20/h9,11-16,18H,3-8,10,17,33H2,1-2H3. The number of rotatable bonds is 13. The molecule has 0 fully saturated rings. The third-order valence-electron chi connectivity index (χ3n) is 6.10. The number of carbonyl (C=O) groups is 2. The van der Waals surface area contributed by atoms with Gasteiger partial charge >= 0.3 is 18.2 Å². The molecule has 3 aromatic rings. The molecule has 13 heteroatoms. The van der Waals surface area contributed by atoms with Crippen LogP contribution in [0.4, 0.5) is 33.2 Å². The highest BCUT2D eigenvalue weighted by Crippen LogP contribution is 2.40. The van der Waals surface area contributed by atoms with Crippen LogP contribution in [0.5, 0.6) is 0 Å². The molecule has 0 saturated heterocycles. The van der Waals surface area contributed by atoms with Gasteiger partial charge in [0, 0.05) is 18.0 Å². The van der Waals surface area contributed by atoms with Crippen molar-refractivity contribution in [3.8, 4) is 11.3 Å². The summed E-state index contributed by atoms with van der Waals surface area (Å²) in [6, 6.07) is 5.54. The molecule has 1 unspecified atom stereocenters. The zero-order valence-corrected chi connectivity index (χ0v) is 23.6. The van der Waals surface area contributed by atoms with E-state index in [0.717, 1.165) is 38.2 Å². The molecule has 0 saturated carbocycles. The van der Waals surface area contributed by atoms with Gasteiger partial charge in [0.25, 0.3) is 0 Å². The van der Waals surface area contributed by atoms with Gasteiger partial charge in [-0.15, -0.1) is 0 Å². The summed E-state index contributed by atoms with van der Waals surface area (Å²) in [4.78, 5) is 33.6. The van der Waals surface area contributed by atoms with Crippen LogP contribution in [-0.2, 0) is 26.9 Å². The number of hydrogen-bond donors (Lipinski definition) is 1. The van der Waals surface area contributed by atoms with Crippen molar-refractivity contribution in [3.05, 3.63) is 59.0 Å². The van der Waals surface area contributed by atoms with E-state index in [1.54, 1.807) is 12.1 Å². The number of pyridine rings is 1. The van der Waals surface area contributed by atoms with E-state index in [2.05, 4.69) is 16.9 Å². The fourth-order valence-electron chi connectivity index (χ4n) is 3.98. The number of nitrogens with two attached hydrogens (primary N) is 1. The average Bonchev–Trinajstić information content (AvgIpc) is 3.31. The van der Waals surface area contributed by atoms with Crippen LogP contribution in [0.25, 0.3) is 11.3 Å². The maximum atomic E-state index is 15.0. The smallest absolute Gasteiger partial charge is 0.423 e. The molecule has 2 N–H and O–H groups in total. The van der Waals surface area contributed by atoms with Crippen LogP contribution in [0.1, 0.15) is 63.5 Å². The summed E-state index contributed by atoms with van der Waals surface area (Å²) < 4.78 is 67.1. The third-order valence-corrected chi connectivity index (χ3v) is 6.92. The molecule has 0 aliphatic heterocycles. The largest absolute Gasteiger partial charge is 0.427 e. The highest BCUT2D eigenvalue weighted by molar-refractivity contribution is 7.14. The molecule has 1 aromatic carbocycles. The predicted molar refractivity (Wildman–Crippen MR) is 147 cm³/mol. The van der Waals surface area contributed by atoms with Gasteiger partial charge < -0.3 is 15.2 Å². The van der Waals surface area contributed by atoms with Crippen molar-refractivity contribution in [2.24, 2.45) is 5.73 Å². The second-order valence-electron chi connectivity index (χ2n) is 9.33. The number of nitrogens with zero attached hydrogens (tertiary/aromatic N) is 3. The summed E-state index contributed by atoms with van der Waals surface area (Å²) in [6.07, 6.45) is 2.59. The Hall–Kier alpha value is -3.58. The highest BCUT2D eigenvalue weighted by atomic mass is 32.1. The number of aromatic nitrogens is 2. The van der Waals surface area contributed by atoms with Gasteiger partial charge in [-0.1, -0.05) is 56.4 Å². The molecule has 3 rings (SSSR count). The van der Waals surface area contributed by atoms with Crippen molar-refractivity contribution >= 4 is 34.2 Å². The Morgan fingerprint density at radius 3 is 2.49 bits per heavy atom. The molecule has 1 amide bonds. The monoisotopic (exact) mass is 596 g/mol. The van der Waals surface area contributed by atoms with E-state index in [4.69, 9.17) is 15.2 Å². The first-order chi connectivity index (χ1) is 19.5. The van der Waals surface area contributed by atoms with Crippen LogP contribution in [0, 0.1) is 5.13 Å². The lowest BCUT2D eigenvalue weighted by Gasteiger charge is -2.22. The minimum Gasteiger partial charge on any atom is -0.427 e. The summed E-state index contributed by atoms with van der Waals surface area (Å²) in [5, 5.41) is -1.08. The Morgan fingerprint density at radius 1 is 1.10 bits per heavy atom. The van der Waals surface area contributed by atoms with Gasteiger partial charge in [0.05, 0.1) is 11.3 Å². The zero-order valence-electron chi connectivity index (χ0n) is 22.7. The molecule has 2 heterocycles. The number of aryl methyl sites for hydroxylation is 1. The van der Waals surface area contributed by atoms with Crippen LogP contribution in [0.2, 0.25) is 0 Å². The van der Waals surface area contributed by atoms with Crippen LogP contribution in [0.15, 0.2) is 42.7 Å². The van der Waals surface area contributed by atoms with Crippen LogP contribution in [-0.4, -0.2) is 34.9 Å². The average molecular weight is 597 g/mol. The molecule has 2 aromatic heterocycles. The van der Waals surface area contributed by atoms with Crippen molar-refractivity contribution in [2.75, 3.05) is 11.7 Å². The Kier molecular flexibility index (Phi) is 11.6. The molecule has 8 nitrogen and oxygen atoms in total. The first kappa shape index (κ1) is 31.9. The molecular formula is C28H32F4N4O4S. The first-order valence-electron chi connectivity index (χ1n) is 13.2. The van der Waals surface area contributed by atoms with Crippen LogP contribution in [0.3, 0.4) is 0 Å². The van der Waals surface area contributed by atoms with E-state index in [-0.39, 0.29) is 28.5 Å². The molecule has 0 aliphatic carbocycles. The minimum atomic E-state index is -4.72. The SMILES string of the molecule is CCCCCCCCc1ccc(N(C(=O)OCOC(=O)C(C)N)c2nc(-c3cccnc3)c(F)s2)cc1C(F)(F)F. The van der Waals surface area contributed by atoms with E-state index < -0.39 is 41.8 Å². The molecule has 0 aliphatic rings. The number of carbonyl (C=O) groups excluding carboxylic acids is 2. The lowest BCUT2D eigenvalue weighted by atomic mass is 9.99. The van der Waals surface area contributed by atoms with Gasteiger partial charge in [0.15, 0.2) is 0 Å². The van der Waals surface area contributed by atoms with Gasteiger partial charge in [-0.05, 0) is 49.6 Å². The maximum Gasteiger partial charge on any atom is 0.423 e. The number of halogens is 4. The number of unbranched alkanes of at least 4 members (excludes halogenated alkanes) is 5. The maximum absolute atomic E-state index is 15.0. The minimum absolute atomic E-state index is 0.0808. The van der Waals surface area contributed by atoms with E-state index in [1.165, 1.54) is 31.5 Å². The van der Waals surface area contributed by atoms with Crippen molar-refractivity contribution in [2.45, 2.75) is 71.0 Å². The fraction of sp³-hybridized carbons (Fsp3) is 0.429. The Labute approximate surface area is 239 Å². The van der Waals surface area contributed by atoms with Crippen LogP contribution >= 0.6 is 11.3 Å². The Bertz CT molecular complexity index is 1300. The third kappa shape index (κ3) is 8.95. The number of hydrogen-bond acceptors (Lipinski definition) is 8. The summed E-state index contributed by atoms with van der Waals surface area (Å²) >= 11 is 0.436. The van der Waals surface area contributed by atoms with Gasteiger partial charge in [-0.3, -0.25) is 9.78 Å². The van der Waals surface area contributed by atoms with Crippen molar-refractivity contribution in [1.29, 1.82) is 0 Å². The highest BCUT2D eigenvalue weighted by Gasteiger charge is 2.35. The van der Waals surface area contributed by atoms with E-state index in [1.807, 2.05) is 0 Å². The first-order valence-corrected chi connectivity index (χ1v) is 14.0. The lowest BCUT2D eigenvalue weighted by Crippen LogP contribution is -2.32. The Morgan fingerprint density at radius 2 is 1.83 bits per heavy atom. The number of thiazole rings is 1. The normalized spacial score (nSPS) is 12.2. The molecular weight excluding hydrogens is 564 g/mol. The number of esters is 1. The molecule has 0 radical (unpaired) electrons. The molecule has 0 bridgehead atoms. The summed E-state index contributed by atoms with van der Waals surface area (Å²) in [7, 11) is 0. The van der Waals surface area contributed by atoms with Gasteiger partial charge in [-0.25, -0.2) is 14.7 Å². The molecule has 41 heavy (non-hydrogen) atoms. The van der Waals surface area contributed by atoms with E-state index >= 15 is 0 Å². The second kappa shape index (κ2) is 14.9. The predicted octanol–water partition coefficient (Wildman–Crippen LogP) is 7.39. The molecule has 0 spiro atoms. The van der Waals surface area contributed by atoms with E-state index in [9.17, 15) is 27.2 Å². The summed E-state index contributed by atoms with van der Waals surface area (Å²) in [5.41, 5.74) is 4.49. The fourth-order valence-corrected chi connectivity index (χ4v) is 4.81. The number of benzene rings is 1. The van der Waals surface area contributed by atoms with Gasteiger partial charge in [0.1, 0.15) is 11.7 Å². The van der Waals surface area contributed by atoms with E-state index in [0.29, 0.717) is 28.2 Å². The molecule has 1 atom stereocenters. The van der Waals surface area contributed by atoms with Crippen LogP contribution < -0.4 is 10.6 Å². The number of ether oxygens (including phenoxy) is 2. The quantitative estimate of drug-likeness (QED) is 0.0949. The van der Waals surface area contributed by atoms with Crippen molar-refractivity contribution in [3.63, 3.8) is 0 Å². The number of alkyl halides is 3. The lowest BCUT2D eigenvalue weighted by molar-refractivity contribution is -0.152. The Balaban J connectivity index is 1.95. The second-order valence-corrected chi connectivity index (χ2v) is 10.3. The summed E-state index contributed by atoms with van der Waals surface area (Å²) in [6.45, 7) is 2.59. The topological polar surface area (TPSA) is 108 Å². The van der Waals surface area contributed by atoms with Crippen molar-refractivity contribution in [1.82, 2.24) is 9.97 Å².